The van der Waals surface area contributed by atoms with Crippen LogP contribution in [0.1, 0.15) is 51.9 Å². The highest BCUT2D eigenvalue weighted by Crippen LogP contribution is 2.55. The Labute approximate surface area is 116 Å². The molecule has 2 fully saturated rings. The molecular weight excluding hydrogens is 242 g/mol. The fourth-order valence-electron chi connectivity index (χ4n) is 4.07. The van der Waals surface area contributed by atoms with Gasteiger partial charge in [0.25, 0.3) is 0 Å². The Morgan fingerprint density at radius 3 is 2.63 bits per heavy atom. The second-order valence-corrected chi connectivity index (χ2v) is 6.11. The molecule has 2 aliphatic rings. The quantitative estimate of drug-likeness (QED) is 0.805. The summed E-state index contributed by atoms with van der Waals surface area (Å²) >= 11 is 0. The smallest absolute Gasteiger partial charge is 0.304 e. The molecular formula is C15H27NO3. The van der Waals surface area contributed by atoms with Gasteiger partial charge in [0.2, 0.25) is 0 Å². The molecule has 0 aromatic heterocycles. The van der Waals surface area contributed by atoms with Crippen molar-refractivity contribution in [3.8, 4) is 0 Å². The van der Waals surface area contributed by atoms with E-state index in [1.807, 2.05) is 0 Å². The van der Waals surface area contributed by atoms with E-state index in [1.165, 1.54) is 32.1 Å². The molecule has 19 heavy (non-hydrogen) atoms. The summed E-state index contributed by atoms with van der Waals surface area (Å²) in [7, 11) is 2.08. The van der Waals surface area contributed by atoms with Gasteiger partial charge in [-0.2, -0.15) is 0 Å². The van der Waals surface area contributed by atoms with E-state index in [0.29, 0.717) is 24.1 Å². The fraction of sp³-hybridized carbons (Fsp3) is 0.933. The first kappa shape index (κ1) is 14.8. The van der Waals surface area contributed by atoms with Crippen LogP contribution in [0.4, 0.5) is 0 Å². The van der Waals surface area contributed by atoms with Gasteiger partial charge in [0, 0.05) is 24.6 Å². The lowest BCUT2D eigenvalue weighted by molar-refractivity contribution is -0.179. The maximum absolute atomic E-state index is 10.7. The van der Waals surface area contributed by atoms with Crippen LogP contribution in [0, 0.1) is 5.41 Å². The average Bonchev–Trinajstić information content (AvgIpc) is 2.41. The fourth-order valence-corrected chi connectivity index (χ4v) is 4.07. The average molecular weight is 269 g/mol. The number of carboxylic acids is 1. The first-order chi connectivity index (χ1) is 9.10. The van der Waals surface area contributed by atoms with E-state index in [9.17, 15) is 4.79 Å². The number of nitrogens with zero attached hydrogens (tertiary/aromatic N) is 1. The third-order valence-electron chi connectivity index (χ3n) is 5.10. The van der Waals surface area contributed by atoms with E-state index in [1.54, 1.807) is 0 Å². The van der Waals surface area contributed by atoms with Gasteiger partial charge < -0.3 is 14.7 Å². The van der Waals surface area contributed by atoms with Gasteiger partial charge in [-0.25, -0.2) is 0 Å². The first-order valence-corrected chi connectivity index (χ1v) is 7.64. The lowest BCUT2D eigenvalue weighted by Crippen LogP contribution is -2.64. The highest BCUT2D eigenvalue weighted by Gasteiger charge is 2.56. The summed E-state index contributed by atoms with van der Waals surface area (Å²) in [6.07, 6.45) is 8.15. The van der Waals surface area contributed by atoms with Crippen molar-refractivity contribution in [3.63, 3.8) is 0 Å². The van der Waals surface area contributed by atoms with Gasteiger partial charge in [0.1, 0.15) is 0 Å². The summed E-state index contributed by atoms with van der Waals surface area (Å²) in [6.45, 7) is 3.51. The van der Waals surface area contributed by atoms with Gasteiger partial charge in [0.15, 0.2) is 0 Å². The molecule has 110 valence electrons. The van der Waals surface area contributed by atoms with Crippen molar-refractivity contribution in [2.75, 3.05) is 20.2 Å². The van der Waals surface area contributed by atoms with Crippen LogP contribution < -0.4 is 0 Å². The van der Waals surface area contributed by atoms with Crippen LogP contribution in [-0.2, 0) is 9.53 Å². The first-order valence-electron chi connectivity index (χ1n) is 7.64. The summed E-state index contributed by atoms with van der Waals surface area (Å²) in [6, 6.07) is 0.517. The lowest BCUT2D eigenvalue weighted by Gasteiger charge is -2.60. The zero-order valence-electron chi connectivity index (χ0n) is 12.2. The highest BCUT2D eigenvalue weighted by atomic mass is 16.5. The van der Waals surface area contributed by atoms with Crippen LogP contribution >= 0.6 is 0 Å². The summed E-state index contributed by atoms with van der Waals surface area (Å²) in [5.41, 5.74) is 0.307. The van der Waals surface area contributed by atoms with Crippen molar-refractivity contribution < 1.29 is 14.6 Å². The molecule has 0 aromatic rings. The van der Waals surface area contributed by atoms with Crippen molar-refractivity contribution in [2.45, 2.75) is 64.0 Å². The molecule has 2 unspecified atom stereocenters. The minimum atomic E-state index is -0.703. The van der Waals surface area contributed by atoms with Crippen molar-refractivity contribution >= 4 is 5.97 Å². The number of carbonyl (C=O) groups is 1. The number of aliphatic carboxylic acids is 1. The Hall–Kier alpha value is -0.610. The van der Waals surface area contributed by atoms with Crippen LogP contribution in [0.3, 0.4) is 0 Å². The standard InChI is InChI=1S/C15H27NO3/c1-3-19-13-11-12(16(2)10-7-14(17)18)15(13)8-5-4-6-9-15/h12-13H,3-11H2,1-2H3,(H,17,18). The maximum Gasteiger partial charge on any atom is 0.304 e. The van der Waals surface area contributed by atoms with E-state index in [4.69, 9.17) is 9.84 Å². The number of ether oxygens (including phenoxy) is 1. The van der Waals surface area contributed by atoms with E-state index in [2.05, 4.69) is 18.9 Å². The SMILES string of the molecule is CCOC1CC(N(C)CCC(=O)O)C12CCCCC2. The number of carboxylic acid groups (broad SMARTS) is 1. The molecule has 0 saturated heterocycles. The van der Waals surface area contributed by atoms with E-state index in [0.717, 1.165) is 13.0 Å². The lowest BCUT2D eigenvalue weighted by atomic mass is 9.54. The van der Waals surface area contributed by atoms with E-state index >= 15 is 0 Å². The number of rotatable bonds is 6. The molecule has 0 bridgehead atoms. The zero-order valence-corrected chi connectivity index (χ0v) is 12.2. The Morgan fingerprint density at radius 2 is 2.05 bits per heavy atom. The summed E-state index contributed by atoms with van der Waals surface area (Å²) in [4.78, 5) is 13.0. The third kappa shape index (κ3) is 2.95. The van der Waals surface area contributed by atoms with E-state index in [-0.39, 0.29) is 6.42 Å². The minimum absolute atomic E-state index is 0.238. The van der Waals surface area contributed by atoms with Crippen LogP contribution in [0.15, 0.2) is 0 Å². The van der Waals surface area contributed by atoms with Gasteiger partial charge in [-0.05, 0) is 33.2 Å². The van der Waals surface area contributed by atoms with E-state index < -0.39 is 5.97 Å². The van der Waals surface area contributed by atoms with Crippen molar-refractivity contribution in [3.05, 3.63) is 0 Å². The highest BCUT2D eigenvalue weighted by molar-refractivity contribution is 5.66. The minimum Gasteiger partial charge on any atom is -0.481 e. The molecule has 0 aromatic carbocycles. The molecule has 0 aliphatic heterocycles. The molecule has 0 radical (unpaired) electrons. The monoisotopic (exact) mass is 269 g/mol. The van der Waals surface area contributed by atoms with Crippen LogP contribution in [-0.4, -0.2) is 48.3 Å². The molecule has 1 spiro atoms. The van der Waals surface area contributed by atoms with Gasteiger partial charge in [-0.3, -0.25) is 4.79 Å². The molecule has 0 amide bonds. The zero-order chi connectivity index (χ0) is 13.9. The molecule has 1 N–H and O–H groups in total. The predicted octanol–water partition coefficient (Wildman–Crippen LogP) is 2.52. The Morgan fingerprint density at radius 1 is 1.37 bits per heavy atom. The molecule has 4 nitrogen and oxygen atoms in total. The number of hydrogen-bond donors (Lipinski definition) is 1. The predicted molar refractivity (Wildman–Crippen MR) is 74.2 cm³/mol. The Kier molecular flexibility index (Phi) is 4.85. The molecule has 2 rings (SSSR count). The Balaban J connectivity index is 1.98. The summed E-state index contributed by atoms with van der Waals surface area (Å²) in [5, 5.41) is 8.82. The van der Waals surface area contributed by atoms with Crippen molar-refractivity contribution in [1.29, 1.82) is 0 Å². The second kappa shape index (κ2) is 6.23. The molecule has 2 saturated carbocycles. The van der Waals surface area contributed by atoms with Crippen LogP contribution in [0.5, 0.6) is 0 Å². The molecule has 0 heterocycles. The molecule has 4 heteroatoms. The third-order valence-corrected chi connectivity index (χ3v) is 5.10. The van der Waals surface area contributed by atoms with Crippen LogP contribution in [0.2, 0.25) is 0 Å². The van der Waals surface area contributed by atoms with Crippen LogP contribution in [0.25, 0.3) is 0 Å². The number of hydrogen-bond acceptors (Lipinski definition) is 3. The van der Waals surface area contributed by atoms with Gasteiger partial charge in [0.05, 0.1) is 12.5 Å². The summed E-state index contributed by atoms with van der Waals surface area (Å²) in [5.74, 6) is -0.703. The molecule has 2 atom stereocenters. The van der Waals surface area contributed by atoms with Crippen molar-refractivity contribution in [2.24, 2.45) is 5.41 Å². The Bertz CT molecular complexity index is 313. The largest absolute Gasteiger partial charge is 0.481 e. The topological polar surface area (TPSA) is 49.8 Å². The van der Waals surface area contributed by atoms with Gasteiger partial charge in [-0.1, -0.05) is 19.3 Å². The second-order valence-electron chi connectivity index (χ2n) is 6.11. The van der Waals surface area contributed by atoms with Gasteiger partial charge in [-0.15, -0.1) is 0 Å². The van der Waals surface area contributed by atoms with Crippen molar-refractivity contribution in [1.82, 2.24) is 4.90 Å². The van der Waals surface area contributed by atoms with Gasteiger partial charge >= 0.3 is 5.97 Å². The summed E-state index contributed by atoms with van der Waals surface area (Å²) < 4.78 is 5.93. The normalized spacial score (nSPS) is 29.4. The maximum atomic E-state index is 10.7. The molecule has 2 aliphatic carbocycles.